The second-order valence-corrected chi connectivity index (χ2v) is 10.4. The Morgan fingerprint density at radius 2 is 1.78 bits per heavy atom. The van der Waals surface area contributed by atoms with E-state index < -0.39 is 9.84 Å². The standard InChI is InChI=1S/C19H23FN2O3S2/c1-13-11-22(19(23)17-8-9-18(26-17)27(3,24)25)14(2)10-21(13)12-15-4-6-16(20)7-5-15/h4-9,13-14H,10-12H2,1-3H3/t13-,14-/m0/s1. The van der Waals surface area contributed by atoms with E-state index in [0.717, 1.165) is 23.2 Å². The minimum atomic E-state index is -3.30. The number of carbonyl (C=O) groups excluding carboxylic acids is 1. The molecule has 1 aromatic heterocycles. The lowest BCUT2D eigenvalue weighted by atomic mass is 10.1. The van der Waals surface area contributed by atoms with Crippen molar-refractivity contribution in [3.8, 4) is 0 Å². The average Bonchev–Trinajstić information content (AvgIpc) is 3.09. The largest absolute Gasteiger partial charge is 0.332 e. The summed E-state index contributed by atoms with van der Waals surface area (Å²) in [5.41, 5.74) is 1.03. The molecule has 27 heavy (non-hydrogen) atoms. The van der Waals surface area contributed by atoms with Crippen LogP contribution in [-0.2, 0) is 16.4 Å². The zero-order chi connectivity index (χ0) is 19.8. The van der Waals surface area contributed by atoms with Crippen molar-refractivity contribution in [2.24, 2.45) is 0 Å². The lowest BCUT2D eigenvalue weighted by Gasteiger charge is -2.44. The number of piperazine rings is 1. The van der Waals surface area contributed by atoms with Gasteiger partial charge in [-0.15, -0.1) is 11.3 Å². The molecule has 0 unspecified atom stereocenters. The second kappa shape index (κ2) is 7.69. The molecule has 1 saturated heterocycles. The van der Waals surface area contributed by atoms with Gasteiger partial charge in [-0.05, 0) is 43.7 Å². The molecule has 1 amide bonds. The predicted octanol–water partition coefficient (Wildman–Crippen LogP) is 3.03. The van der Waals surface area contributed by atoms with Crippen molar-refractivity contribution in [1.29, 1.82) is 0 Å². The maximum atomic E-state index is 13.1. The minimum absolute atomic E-state index is 0.00191. The van der Waals surface area contributed by atoms with Crippen molar-refractivity contribution in [2.45, 2.75) is 36.7 Å². The van der Waals surface area contributed by atoms with Gasteiger partial charge < -0.3 is 4.90 Å². The fourth-order valence-electron chi connectivity index (χ4n) is 3.30. The Hall–Kier alpha value is -1.77. The molecule has 146 valence electrons. The Kier molecular flexibility index (Phi) is 5.69. The molecule has 5 nitrogen and oxygen atoms in total. The number of halogens is 1. The first-order valence-electron chi connectivity index (χ1n) is 8.74. The van der Waals surface area contributed by atoms with Crippen molar-refractivity contribution in [3.05, 3.63) is 52.7 Å². The average molecular weight is 411 g/mol. The van der Waals surface area contributed by atoms with Crippen LogP contribution in [0.25, 0.3) is 0 Å². The molecule has 0 saturated carbocycles. The van der Waals surface area contributed by atoms with Gasteiger partial charge in [0.05, 0.1) is 4.88 Å². The van der Waals surface area contributed by atoms with Crippen molar-refractivity contribution in [3.63, 3.8) is 0 Å². The Morgan fingerprint density at radius 3 is 2.37 bits per heavy atom. The van der Waals surface area contributed by atoms with Gasteiger partial charge in [-0.3, -0.25) is 9.69 Å². The van der Waals surface area contributed by atoms with Gasteiger partial charge in [0.2, 0.25) is 0 Å². The summed E-state index contributed by atoms with van der Waals surface area (Å²) in [6, 6.07) is 9.70. The summed E-state index contributed by atoms with van der Waals surface area (Å²) in [4.78, 5) is 17.4. The number of thiophene rings is 1. The first-order valence-corrected chi connectivity index (χ1v) is 11.5. The fourth-order valence-corrected chi connectivity index (χ4v) is 5.19. The monoisotopic (exact) mass is 410 g/mol. The molecular formula is C19H23FN2O3S2. The number of nitrogens with zero attached hydrogens (tertiary/aromatic N) is 2. The van der Waals surface area contributed by atoms with Gasteiger partial charge in [0, 0.05) is 38.0 Å². The molecule has 8 heteroatoms. The molecule has 1 aromatic carbocycles. The highest BCUT2D eigenvalue weighted by Crippen LogP contribution is 2.26. The van der Waals surface area contributed by atoms with Crippen LogP contribution in [0.15, 0.2) is 40.6 Å². The van der Waals surface area contributed by atoms with Gasteiger partial charge in [-0.2, -0.15) is 0 Å². The van der Waals surface area contributed by atoms with E-state index in [-0.39, 0.29) is 28.0 Å². The van der Waals surface area contributed by atoms with Gasteiger partial charge in [-0.1, -0.05) is 12.1 Å². The Labute approximate surface area is 163 Å². The van der Waals surface area contributed by atoms with Crippen molar-refractivity contribution in [1.82, 2.24) is 9.80 Å². The highest BCUT2D eigenvalue weighted by Gasteiger charge is 2.33. The highest BCUT2D eigenvalue weighted by atomic mass is 32.2. The Bertz CT molecular complexity index is 925. The molecule has 2 heterocycles. The third-order valence-corrected chi connectivity index (χ3v) is 7.73. The number of hydrogen-bond acceptors (Lipinski definition) is 5. The lowest BCUT2D eigenvalue weighted by Crippen LogP contribution is -2.57. The maximum Gasteiger partial charge on any atom is 0.264 e. The van der Waals surface area contributed by atoms with Crippen LogP contribution in [0.3, 0.4) is 0 Å². The SMILES string of the molecule is C[C@H]1CN(C(=O)c2ccc(S(C)(=O)=O)s2)[C@@H](C)CN1Cc1ccc(F)cc1. The second-order valence-electron chi connectivity index (χ2n) is 7.10. The van der Waals surface area contributed by atoms with Crippen LogP contribution in [0.1, 0.15) is 29.1 Å². The summed E-state index contributed by atoms with van der Waals surface area (Å²) in [7, 11) is -3.30. The van der Waals surface area contributed by atoms with E-state index in [2.05, 4.69) is 11.8 Å². The van der Waals surface area contributed by atoms with Gasteiger partial charge in [-0.25, -0.2) is 12.8 Å². The molecule has 2 atom stereocenters. The zero-order valence-corrected chi connectivity index (χ0v) is 17.2. The molecule has 0 N–H and O–H groups in total. The predicted molar refractivity (Wildman–Crippen MR) is 104 cm³/mol. The van der Waals surface area contributed by atoms with E-state index >= 15 is 0 Å². The van der Waals surface area contributed by atoms with E-state index in [9.17, 15) is 17.6 Å². The summed E-state index contributed by atoms with van der Waals surface area (Å²) in [6.07, 6.45) is 1.14. The van der Waals surface area contributed by atoms with E-state index in [1.165, 1.54) is 18.2 Å². The number of rotatable bonds is 4. The summed E-state index contributed by atoms with van der Waals surface area (Å²) in [5.74, 6) is -0.379. The van der Waals surface area contributed by atoms with Crippen molar-refractivity contribution >= 4 is 27.1 Å². The molecule has 2 aromatic rings. The third-order valence-electron chi connectivity index (χ3n) is 4.83. The number of sulfone groups is 1. The van der Waals surface area contributed by atoms with Gasteiger partial charge in [0.1, 0.15) is 10.0 Å². The van der Waals surface area contributed by atoms with Crippen molar-refractivity contribution in [2.75, 3.05) is 19.3 Å². The first-order chi connectivity index (χ1) is 12.6. The normalized spacial score (nSPS) is 21.4. The van der Waals surface area contributed by atoms with E-state index in [1.54, 1.807) is 18.2 Å². The van der Waals surface area contributed by atoms with E-state index in [0.29, 0.717) is 24.5 Å². The van der Waals surface area contributed by atoms with Gasteiger partial charge >= 0.3 is 0 Å². The van der Waals surface area contributed by atoms with Crippen LogP contribution < -0.4 is 0 Å². The molecule has 0 aliphatic carbocycles. The molecule has 1 aliphatic heterocycles. The fraction of sp³-hybridized carbons (Fsp3) is 0.421. The van der Waals surface area contributed by atoms with Crippen LogP contribution in [0.2, 0.25) is 0 Å². The van der Waals surface area contributed by atoms with Crippen LogP contribution in [0.5, 0.6) is 0 Å². The van der Waals surface area contributed by atoms with Gasteiger partial charge in [0.25, 0.3) is 5.91 Å². The topological polar surface area (TPSA) is 57.7 Å². The molecular weight excluding hydrogens is 387 g/mol. The first kappa shape index (κ1) is 20.0. The number of benzene rings is 1. The van der Waals surface area contributed by atoms with Crippen LogP contribution >= 0.6 is 11.3 Å². The van der Waals surface area contributed by atoms with Crippen LogP contribution in [0.4, 0.5) is 4.39 Å². The molecule has 1 fully saturated rings. The third kappa shape index (κ3) is 4.56. The Balaban J connectivity index is 1.70. The Morgan fingerprint density at radius 1 is 1.11 bits per heavy atom. The molecule has 0 bridgehead atoms. The number of carbonyl (C=O) groups is 1. The minimum Gasteiger partial charge on any atom is -0.332 e. The summed E-state index contributed by atoms with van der Waals surface area (Å²) in [6.45, 7) is 6.02. The smallest absolute Gasteiger partial charge is 0.264 e. The summed E-state index contributed by atoms with van der Waals surface area (Å²) < 4.78 is 36.6. The number of hydrogen-bond donors (Lipinski definition) is 0. The quantitative estimate of drug-likeness (QED) is 0.778. The van der Waals surface area contributed by atoms with E-state index in [4.69, 9.17) is 0 Å². The summed E-state index contributed by atoms with van der Waals surface area (Å²) >= 11 is 1.02. The molecule has 1 aliphatic rings. The molecule has 0 spiro atoms. The summed E-state index contributed by atoms with van der Waals surface area (Å²) in [5, 5.41) is 0. The zero-order valence-electron chi connectivity index (χ0n) is 15.6. The highest BCUT2D eigenvalue weighted by molar-refractivity contribution is 7.92. The molecule has 0 radical (unpaired) electrons. The van der Waals surface area contributed by atoms with Crippen LogP contribution in [-0.4, -0.2) is 55.6 Å². The van der Waals surface area contributed by atoms with E-state index in [1.807, 2.05) is 11.8 Å². The lowest BCUT2D eigenvalue weighted by molar-refractivity contribution is 0.0294. The van der Waals surface area contributed by atoms with Crippen LogP contribution in [0, 0.1) is 5.82 Å². The van der Waals surface area contributed by atoms with Crippen molar-refractivity contribution < 1.29 is 17.6 Å². The number of amides is 1. The maximum absolute atomic E-state index is 13.1. The molecule has 3 rings (SSSR count). The van der Waals surface area contributed by atoms with Gasteiger partial charge in [0.15, 0.2) is 9.84 Å².